The highest BCUT2D eigenvalue weighted by molar-refractivity contribution is 7.10. The molecule has 0 aliphatic carbocycles. The van der Waals surface area contributed by atoms with Crippen LogP contribution in [-0.2, 0) is 9.59 Å². The van der Waals surface area contributed by atoms with E-state index in [0.29, 0.717) is 6.54 Å². The van der Waals surface area contributed by atoms with Crippen molar-refractivity contribution >= 4 is 29.2 Å². The van der Waals surface area contributed by atoms with Gasteiger partial charge in [0.2, 0.25) is 11.8 Å². The number of hydrogen-bond donors (Lipinski definition) is 1. The summed E-state index contributed by atoms with van der Waals surface area (Å²) in [5.74, 6) is -0.0916. The SMILES string of the molecule is O=C1N[C@@H]2CCN(C(=O)/C=C/c3cccs3)[C@@H]12. The Labute approximate surface area is 103 Å². The van der Waals surface area contributed by atoms with Crippen molar-refractivity contribution in [3.8, 4) is 0 Å². The third kappa shape index (κ3) is 1.76. The predicted molar refractivity (Wildman–Crippen MR) is 65.4 cm³/mol. The van der Waals surface area contributed by atoms with Gasteiger partial charge in [-0.1, -0.05) is 6.07 Å². The second kappa shape index (κ2) is 4.00. The van der Waals surface area contributed by atoms with E-state index in [4.69, 9.17) is 0 Å². The molecule has 0 unspecified atom stereocenters. The van der Waals surface area contributed by atoms with Gasteiger partial charge in [0.1, 0.15) is 6.04 Å². The summed E-state index contributed by atoms with van der Waals surface area (Å²) in [5, 5.41) is 4.77. The van der Waals surface area contributed by atoms with Gasteiger partial charge >= 0.3 is 0 Å². The molecule has 1 aromatic rings. The van der Waals surface area contributed by atoms with E-state index in [2.05, 4.69) is 5.32 Å². The van der Waals surface area contributed by atoms with E-state index in [-0.39, 0.29) is 23.9 Å². The summed E-state index contributed by atoms with van der Waals surface area (Å²) >= 11 is 1.59. The number of likely N-dealkylation sites (tertiary alicyclic amines) is 1. The zero-order valence-corrected chi connectivity index (χ0v) is 9.94. The summed E-state index contributed by atoms with van der Waals surface area (Å²) in [7, 11) is 0. The molecule has 17 heavy (non-hydrogen) atoms. The van der Waals surface area contributed by atoms with Gasteiger partial charge in [-0.2, -0.15) is 0 Å². The third-order valence-corrected chi connectivity index (χ3v) is 4.05. The molecule has 0 spiro atoms. The molecule has 1 aromatic heterocycles. The predicted octanol–water partition coefficient (Wildman–Crippen LogP) is 0.861. The van der Waals surface area contributed by atoms with Crippen molar-refractivity contribution in [2.24, 2.45) is 0 Å². The zero-order valence-electron chi connectivity index (χ0n) is 9.13. The van der Waals surface area contributed by atoms with E-state index in [0.717, 1.165) is 11.3 Å². The van der Waals surface area contributed by atoms with E-state index >= 15 is 0 Å². The summed E-state index contributed by atoms with van der Waals surface area (Å²) < 4.78 is 0. The highest BCUT2D eigenvalue weighted by Gasteiger charge is 2.49. The fourth-order valence-electron chi connectivity index (χ4n) is 2.32. The van der Waals surface area contributed by atoms with E-state index in [1.807, 2.05) is 17.5 Å². The first kappa shape index (κ1) is 10.5. The normalized spacial score (nSPS) is 26.8. The maximum atomic E-state index is 11.9. The number of nitrogens with one attached hydrogen (secondary N) is 1. The van der Waals surface area contributed by atoms with Gasteiger partial charge in [-0.3, -0.25) is 9.59 Å². The molecule has 1 N–H and O–H groups in total. The lowest BCUT2D eigenvalue weighted by Gasteiger charge is -2.35. The van der Waals surface area contributed by atoms with Crippen LogP contribution in [0.25, 0.3) is 6.08 Å². The molecule has 2 aliphatic heterocycles. The molecule has 0 aromatic carbocycles. The largest absolute Gasteiger partial charge is 0.349 e. The van der Waals surface area contributed by atoms with E-state index in [9.17, 15) is 9.59 Å². The highest BCUT2D eigenvalue weighted by atomic mass is 32.1. The number of hydrogen-bond acceptors (Lipinski definition) is 3. The topological polar surface area (TPSA) is 49.4 Å². The Bertz CT molecular complexity index is 481. The van der Waals surface area contributed by atoms with Gasteiger partial charge in [-0.25, -0.2) is 0 Å². The first-order valence-corrected chi connectivity index (χ1v) is 6.46. The molecular weight excluding hydrogens is 236 g/mol. The van der Waals surface area contributed by atoms with Crippen molar-refractivity contribution in [2.75, 3.05) is 6.54 Å². The number of carbonyl (C=O) groups excluding carboxylic acids is 2. The van der Waals surface area contributed by atoms with Crippen molar-refractivity contribution in [1.29, 1.82) is 0 Å². The maximum Gasteiger partial charge on any atom is 0.247 e. The van der Waals surface area contributed by atoms with Crippen molar-refractivity contribution in [3.05, 3.63) is 28.5 Å². The molecule has 5 heteroatoms. The van der Waals surface area contributed by atoms with Crippen molar-refractivity contribution in [3.63, 3.8) is 0 Å². The molecule has 0 saturated carbocycles. The van der Waals surface area contributed by atoms with E-state index in [1.54, 1.807) is 28.4 Å². The van der Waals surface area contributed by atoms with Crippen molar-refractivity contribution in [2.45, 2.75) is 18.5 Å². The molecule has 2 fully saturated rings. The molecule has 0 bridgehead atoms. The standard InChI is InChI=1S/C12H12N2O2S/c15-10(4-3-8-2-1-7-17-8)14-6-5-9-11(14)12(16)13-9/h1-4,7,9,11H,5-6H2,(H,13,16)/b4-3+/t9-,11-/m1/s1. The number of thiophene rings is 1. The minimum Gasteiger partial charge on any atom is -0.349 e. The zero-order chi connectivity index (χ0) is 11.8. The Balaban J connectivity index is 1.69. The van der Waals surface area contributed by atoms with Crippen LogP contribution in [0.2, 0.25) is 0 Å². The first-order valence-electron chi connectivity index (χ1n) is 5.58. The number of amides is 2. The lowest BCUT2D eigenvalue weighted by molar-refractivity contribution is -0.141. The second-order valence-electron chi connectivity index (χ2n) is 4.23. The van der Waals surface area contributed by atoms with Crippen LogP contribution in [0, 0.1) is 0 Å². The lowest BCUT2D eigenvalue weighted by atomic mass is 10.0. The third-order valence-electron chi connectivity index (χ3n) is 3.21. The number of carbonyl (C=O) groups is 2. The molecule has 0 radical (unpaired) electrons. The lowest BCUT2D eigenvalue weighted by Crippen LogP contribution is -2.64. The van der Waals surface area contributed by atoms with Crippen LogP contribution < -0.4 is 5.32 Å². The molecule has 4 nitrogen and oxygen atoms in total. The highest BCUT2D eigenvalue weighted by Crippen LogP contribution is 2.25. The number of β-lactam (4-membered cyclic amide) rings is 1. The Morgan fingerprint density at radius 1 is 1.59 bits per heavy atom. The van der Waals surface area contributed by atoms with Crippen molar-refractivity contribution in [1.82, 2.24) is 10.2 Å². The molecule has 2 saturated heterocycles. The summed E-state index contributed by atoms with van der Waals surface area (Å²) in [4.78, 5) is 26.0. The molecule has 3 heterocycles. The van der Waals surface area contributed by atoms with Gasteiger partial charge in [0.25, 0.3) is 0 Å². The summed E-state index contributed by atoms with van der Waals surface area (Å²) in [6, 6.07) is 3.86. The van der Waals surface area contributed by atoms with Gasteiger partial charge in [0.05, 0.1) is 6.04 Å². The quantitative estimate of drug-likeness (QED) is 0.623. The van der Waals surface area contributed by atoms with E-state index < -0.39 is 0 Å². The van der Waals surface area contributed by atoms with Crippen LogP contribution in [0.15, 0.2) is 23.6 Å². The summed E-state index contributed by atoms with van der Waals surface area (Å²) in [6.07, 6.45) is 4.23. The Morgan fingerprint density at radius 3 is 3.18 bits per heavy atom. The van der Waals surface area contributed by atoms with Crippen LogP contribution in [0.3, 0.4) is 0 Å². The molecule has 88 valence electrons. The van der Waals surface area contributed by atoms with Crippen LogP contribution in [0.4, 0.5) is 0 Å². The van der Waals surface area contributed by atoms with Crippen LogP contribution in [0.1, 0.15) is 11.3 Å². The Morgan fingerprint density at radius 2 is 2.47 bits per heavy atom. The van der Waals surface area contributed by atoms with Gasteiger partial charge in [-0.05, 0) is 23.9 Å². The van der Waals surface area contributed by atoms with Crippen LogP contribution in [-0.4, -0.2) is 35.3 Å². The molecule has 3 rings (SSSR count). The average molecular weight is 248 g/mol. The van der Waals surface area contributed by atoms with Gasteiger partial charge in [0, 0.05) is 17.5 Å². The molecule has 2 amide bonds. The van der Waals surface area contributed by atoms with Gasteiger partial charge in [0.15, 0.2) is 0 Å². The molecule has 2 atom stereocenters. The van der Waals surface area contributed by atoms with Gasteiger partial charge < -0.3 is 10.2 Å². The minimum absolute atomic E-state index is 0.0228. The monoisotopic (exact) mass is 248 g/mol. The maximum absolute atomic E-state index is 11.9. The molecule has 2 aliphatic rings. The number of fused-ring (bicyclic) bond motifs is 1. The fourth-order valence-corrected chi connectivity index (χ4v) is 2.94. The number of nitrogens with zero attached hydrogens (tertiary/aromatic N) is 1. The fraction of sp³-hybridized carbons (Fsp3) is 0.333. The summed E-state index contributed by atoms with van der Waals surface area (Å²) in [5.41, 5.74) is 0. The van der Waals surface area contributed by atoms with Crippen molar-refractivity contribution < 1.29 is 9.59 Å². The molecular formula is C12H12N2O2S. The Kier molecular flexibility index (Phi) is 2.48. The minimum atomic E-state index is -0.226. The summed E-state index contributed by atoms with van der Waals surface area (Å²) in [6.45, 7) is 0.668. The first-order chi connectivity index (χ1) is 8.25. The number of rotatable bonds is 2. The Hall–Kier alpha value is -1.62. The smallest absolute Gasteiger partial charge is 0.247 e. The van der Waals surface area contributed by atoms with E-state index in [1.165, 1.54) is 0 Å². The van der Waals surface area contributed by atoms with Gasteiger partial charge in [-0.15, -0.1) is 11.3 Å². The average Bonchev–Trinajstić information content (AvgIpc) is 2.91. The second-order valence-corrected chi connectivity index (χ2v) is 5.21. The van der Waals surface area contributed by atoms with Crippen LogP contribution >= 0.6 is 11.3 Å². The van der Waals surface area contributed by atoms with Crippen LogP contribution in [0.5, 0.6) is 0 Å².